The van der Waals surface area contributed by atoms with Crippen molar-refractivity contribution in [1.29, 1.82) is 0 Å². The summed E-state index contributed by atoms with van der Waals surface area (Å²) in [7, 11) is 1.79. The van der Waals surface area contributed by atoms with Crippen molar-refractivity contribution in [3.63, 3.8) is 0 Å². The number of amides is 1. The van der Waals surface area contributed by atoms with Gasteiger partial charge in [-0.3, -0.25) is 9.59 Å². The molecule has 0 spiro atoms. The Labute approximate surface area is 172 Å². The van der Waals surface area contributed by atoms with Crippen LogP contribution in [0.4, 0.5) is 10.2 Å². The van der Waals surface area contributed by atoms with Crippen LogP contribution in [0.5, 0.6) is 0 Å². The highest BCUT2D eigenvalue weighted by Gasteiger charge is 2.32. The Morgan fingerprint density at radius 3 is 2.52 bits per heavy atom. The van der Waals surface area contributed by atoms with Gasteiger partial charge >= 0.3 is 0 Å². The number of aryl methyl sites for hydroxylation is 1. The number of benzene rings is 2. The Morgan fingerprint density at radius 1 is 1.14 bits per heavy atom. The minimum Gasteiger partial charge on any atom is -0.312 e. The summed E-state index contributed by atoms with van der Waals surface area (Å²) in [4.78, 5) is 29.5. The first-order chi connectivity index (χ1) is 13.9. The van der Waals surface area contributed by atoms with Crippen LogP contribution in [0, 0.1) is 12.7 Å². The molecule has 1 amide bonds. The number of nitrogens with one attached hydrogen (secondary N) is 1. The van der Waals surface area contributed by atoms with Crippen LogP contribution in [0.1, 0.15) is 34.6 Å². The van der Waals surface area contributed by atoms with E-state index in [1.54, 1.807) is 23.7 Å². The van der Waals surface area contributed by atoms with Crippen molar-refractivity contribution in [2.75, 3.05) is 5.32 Å². The molecular weight excluding hydrogens is 389 g/mol. The van der Waals surface area contributed by atoms with Gasteiger partial charge < -0.3 is 9.88 Å². The van der Waals surface area contributed by atoms with E-state index in [1.807, 2.05) is 31.2 Å². The van der Waals surface area contributed by atoms with Gasteiger partial charge in [0.15, 0.2) is 5.16 Å². The molecule has 1 atom stereocenters. The number of carbonyl (C=O) groups is 1. The number of halogens is 1. The number of rotatable bonds is 4. The van der Waals surface area contributed by atoms with Gasteiger partial charge in [-0.15, -0.1) is 0 Å². The van der Waals surface area contributed by atoms with Crippen molar-refractivity contribution in [3.05, 3.63) is 87.0 Å². The number of fused-ring (bicyclic) bond motifs is 1. The van der Waals surface area contributed by atoms with Gasteiger partial charge in [0.1, 0.15) is 11.6 Å². The number of carbonyl (C=O) groups excluding carboxylic acids is 1. The third-order valence-electron chi connectivity index (χ3n) is 5.06. The van der Waals surface area contributed by atoms with Gasteiger partial charge in [-0.25, -0.2) is 4.39 Å². The minimum absolute atomic E-state index is 0.130. The molecule has 1 N–H and O–H groups in total. The van der Waals surface area contributed by atoms with E-state index in [0.717, 1.165) is 11.1 Å². The fourth-order valence-electron chi connectivity index (χ4n) is 3.48. The van der Waals surface area contributed by atoms with Crippen LogP contribution in [-0.4, -0.2) is 15.5 Å². The Kier molecular flexibility index (Phi) is 5.24. The zero-order valence-electron chi connectivity index (χ0n) is 16.1. The highest BCUT2D eigenvalue weighted by atomic mass is 32.2. The second kappa shape index (κ2) is 7.83. The maximum atomic E-state index is 13.3. The van der Waals surface area contributed by atoms with E-state index in [9.17, 15) is 14.0 Å². The third kappa shape index (κ3) is 3.96. The lowest BCUT2D eigenvalue weighted by molar-refractivity contribution is -0.116. The maximum Gasteiger partial charge on any atom is 0.279 e. The standard InChI is InChI=1S/C22H20FN3O2S/c1-13-3-5-14(6-4-13)12-29-22-25-21(28)19-17(15-7-9-16(23)10-8-15)11-18(27)24-20(19)26(22)2/h3-10,17H,11-12H2,1-2H3,(H,24,27). The molecule has 1 aliphatic rings. The topological polar surface area (TPSA) is 64.0 Å². The van der Waals surface area contributed by atoms with Crippen molar-refractivity contribution < 1.29 is 9.18 Å². The molecule has 0 radical (unpaired) electrons. The second-order valence-corrected chi connectivity index (χ2v) is 8.09. The number of anilines is 1. The van der Waals surface area contributed by atoms with E-state index in [4.69, 9.17) is 0 Å². The summed E-state index contributed by atoms with van der Waals surface area (Å²) in [5, 5.41) is 3.36. The fraction of sp³-hybridized carbons (Fsp3) is 0.227. The van der Waals surface area contributed by atoms with Gasteiger partial charge in [0.05, 0.1) is 5.56 Å². The number of hydrogen-bond acceptors (Lipinski definition) is 4. The molecule has 0 bridgehead atoms. The Morgan fingerprint density at radius 2 is 1.83 bits per heavy atom. The van der Waals surface area contributed by atoms with Gasteiger partial charge in [-0.1, -0.05) is 53.7 Å². The predicted molar refractivity (Wildman–Crippen MR) is 112 cm³/mol. The summed E-state index contributed by atoms with van der Waals surface area (Å²) in [6.45, 7) is 2.03. The van der Waals surface area contributed by atoms with Gasteiger partial charge in [0, 0.05) is 25.1 Å². The Hall–Kier alpha value is -2.93. The van der Waals surface area contributed by atoms with E-state index < -0.39 is 5.92 Å². The molecule has 148 valence electrons. The molecule has 0 fully saturated rings. The van der Waals surface area contributed by atoms with Crippen LogP contribution in [0.25, 0.3) is 0 Å². The molecule has 1 aliphatic heterocycles. The van der Waals surface area contributed by atoms with Crippen molar-refractivity contribution in [2.24, 2.45) is 7.05 Å². The molecule has 1 unspecified atom stereocenters. The van der Waals surface area contributed by atoms with Crippen molar-refractivity contribution in [3.8, 4) is 0 Å². The van der Waals surface area contributed by atoms with E-state index in [1.165, 1.54) is 29.5 Å². The Bertz CT molecular complexity index is 1120. The molecule has 1 aromatic heterocycles. The molecular formula is C22H20FN3O2S. The lowest BCUT2D eigenvalue weighted by Gasteiger charge is -2.27. The van der Waals surface area contributed by atoms with Crippen molar-refractivity contribution >= 4 is 23.5 Å². The van der Waals surface area contributed by atoms with E-state index in [0.29, 0.717) is 22.3 Å². The molecule has 0 aliphatic carbocycles. The molecule has 4 rings (SSSR count). The lowest BCUT2D eigenvalue weighted by atomic mass is 9.87. The number of thioether (sulfide) groups is 1. The molecule has 2 aromatic carbocycles. The summed E-state index contributed by atoms with van der Waals surface area (Å²) in [6, 6.07) is 14.1. The summed E-state index contributed by atoms with van der Waals surface area (Å²) in [6.07, 6.45) is 0.130. The van der Waals surface area contributed by atoms with Gasteiger partial charge in [0.2, 0.25) is 5.91 Å². The largest absolute Gasteiger partial charge is 0.312 e. The molecule has 5 nitrogen and oxygen atoms in total. The third-order valence-corrected chi connectivity index (χ3v) is 6.16. The average Bonchev–Trinajstić information content (AvgIpc) is 2.70. The summed E-state index contributed by atoms with van der Waals surface area (Å²) < 4.78 is 15.1. The zero-order chi connectivity index (χ0) is 20.5. The van der Waals surface area contributed by atoms with Crippen LogP contribution in [0.15, 0.2) is 58.5 Å². The molecule has 2 heterocycles. The first-order valence-corrected chi connectivity index (χ1v) is 10.3. The van der Waals surface area contributed by atoms with E-state index in [-0.39, 0.29) is 23.7 Å². The molecule has 0 saturated carbocycles. The van der Waals surface area contributed by atoms with Crippen LogP contribution in [-0.2, 0) is 17.6 Å². The molecule has 29 heavy (non-hydrogen) atoms. The first kappa shape index (κ1) is 19.4. The maximum absolute atomic E-state index is 13.3. The molecule has 0 saturated heterocycles. The zero-order valence-corrected chi connectivity index (χ0v) is 16.9. The predicted octanol–water partition coefficient (Wildman–Crippen LogP) is 3.99. The second-order valence-electron chi connectivity index (χ2n) is 7.15. The monoisotopic (exact) mass is 409 g/mol. The van der Waals surface area contributed by atoms with Crippen molar-refractivity contribution in [1.82, 2.24) is 9.55 Å². The van der Waals surface area contributed by atoms with Crippen LogP contribution in [0.2, 0.25) is 0 Å². The highest BCUT2D eigenvalue weighted by molar-refractivity contribution is 7.98. The number of nitrogens with zero attached hydrogens (tertiary/aromatic N) is 2. The highest BCUT2D eigenvalue weighted by Crippen LogP contribution is 2.36. The first-order valence-electron chi connectivity index (χ1n) is 9.27. The quantitative estimate of drug-likeness (QED) is 0.523. The summed E-state index contributed by atoms with van der Waals surface area (Å²) >= 11 is 1.44. The van der Waals surface area contributed by atoms with Crippen LogP contribution < -0.4 is 10.9 Å². The van der Waals surface area contributed by atoms with Gasteiger partial charge in [-0.05, 0) is 30.2 Å². The van der Waals surface area contributed by atoms with E-state index >= 15 is 0 Å². The number of hydrogen-bond donors (Lipinski definition) is 1. The fourth-order valence-corrected chi connectivity index (χ4v) is 4.40. The number of aromatic nitrogens is 2. The summed E-state index contributed by atoms with van der Waals surface area (Å²) in [5.74, 6) is 0.142. The van der Waals surface area contributed by atoms with E-state index in [2.05, 4.69) is 10.3 Å². The minimum atomic E-state index is -0.443. The van der Waals surface area contributed by atoms with Gasteiger partial charge in [0.25, 0.3) is 5.56 Å². The lowest BCUT2D eigenvalue weighted by Crippen LogP contribution is -2.33. The SMILES string of the molecule is Cc1ccc(CSc2nc(=O)c3c(n2C)NC(=O)CC3c2ccc(F)cc2)cc1. The Balaban J connectivity index is 1.70. The summed E-state index contributed by atoms with van der Waals surface area (Å²) in [5.41, 5.74) is 3.12. The van der Waals surface area contributed by atoms with Crippen LogP contribution in [0.3, 0.4) is 0 Å². The van der Waals surface area contributed by atoms with Crippen molar-refractivity contribution in [2.45, 2.75) is 30.2 Å². The molecule has 7 heteroatoms. The van der Waals surface area contributed by atoms with Gasteiger partial charge in [-0.2, -0.15) is 4.98 Å². The van der Waals surface area contributed by atoms with Crippen LogP contribution >= 0.6 is 11.8 Å². The average molecular weight is 409 g/mol. The normalized spacial score (nSPS) is 15.7. The smallest absolute Gasteiger partial charge is 0.279 e. The molecule has 3 aromatic rings.